The maximum absolute atomic E-state index is 4.69. The zero-order valence-corrected chi connectivity index (χ0v) is 13.7. The number of nitrogens with zero attached hydrogens (tertiary/aromatic N) is 1. The third-order valence-electron chi connectivity index (χ3n) is 3.68. The van der Waals surface area contributed by atoms with Crippen LogP contribution in [0.15, 0.2) is 24.3 Å². The van der Waals surface area contributed by atoms with Crippen LogP contribution in [0.2, 0.25) is 0 Å². The first-order valence-corrected chi connectivity index (χ1v) is 8.12. The van der Waals surface area contributed by atoms with Crippen molar-refractivity contribution in [2.75, 3.05) is 13.1 Å². The van der Waals surface area contributed by atoms with Crippen molar-refractivity contribution in [2.45, 2.75) is 40.0 Å². The lowest BCUT2D eigenvalue weighted by Crippen LogP contribution is -2.22. The third-order valence-corrected chi connectivity index (χ3v) is 4.78. The molecule has 20 heavy (non-hydrogen) atoms. The zero-order valence-electron chi connectivity index (χ0n) is 12.9. The Morgan fingerprint density at radius 1 is 1.15 bits per heavy atom. The predicted molar refractivity (Wildman–Crippen MR) is 87.8 cm³/mol. The van der Waals surface area contributed by atoms with Gasteiger partial charge in [0.1, 0.15) is 0 Å². The number of hydrogen-bond donors (Lipinski definition) is 1. The normalized spacial score (nSPS) is 12.6. The van der Waals surface area contributed by atoms with E-state index in [1.807, 2.05) is 11.3 Å². The predicted octanol–water partition coefficient (Wildman–Crippen LogP) is 4.00. The van der Waals surface area contributed by atoms with Gasteiger partial charge in [0.05, 0.1) is 10.7 Å². The molecule has 0 aliphatic rings. The van der Waals surface area contributed by atoms with Crippen LogP contribution in [0.1, 0.15) is 39.5 Å². The van der Waals surface area contributed by atoms with Gasteiger partial charge < -0.3 is 5.32 Å². The molecule has 1 unspecified atom stereocenters. The Labute approximate surface area is 126 Å². The number of benzene rings is 1. The molecule has 0 aliphatic heterocycles. The summed E-state index contributed by atoms with van der Waals surface area (Å²) in [6.45, 7) is 10.6. The average Bonchev–Trinajstić information content (AvgIpc) is 2.74. The SMILES string of the molecule is CCNCC(Cc1nc(C)c(C)s1)c1ccc(C)cc1. The fourth-order valence-electron chi connectivity index (χ4n) is 2.30. The smallest absolute Gasteiger partial charge is 0.0937 e. The van der Waals surface area contributed by atoms with Crippen molar-refractivity contribution in [3.63, 3.8) is 0 Å². The van der Waals surface area contributed by atoms with Crippen molar-refractivity contribution >= 4 is 11.3 Å². The van der Waals surface area contributed by atoms with Gasteiger partial charge >= 0.3 is 0 Å². The van der Waals surface area contributed by atoms with E-state index in [1.165, 1.54) is 26.7 Å². The summed E-state index contributed by atoms with van der Waals surface area (Å²) >= 11 is 1.84. The van der Waals surface area contributed by atoms with E-state index in [-0.39, 0.29) is 0 Å². The van der Waals surface area contributed by atoms with Crippen LogP contribution < -0.4 is 5.32 Å². The van der Waals surface area contributed by atoms with Crippen molar-refractivity contribution in [3.8, 4) is 0 Å². The number of rotatable bonds is 6. The summed E-state index contributed by atoms with van der Waals surface area (Å²) in [5.41, 5.74) is 3.90. The fraction of sp³-hybridized carbons (Fsp3) is 0.471. The molecule has 1 heterocycles. The molecular weight excluding hydrogens is 264 g/mol. The van der Waals surface area contributed by atoms with Gasteiger partial charge in [-0.25, -0.2) is 4.98 Å². The van der Waals surface area contributed by atoms with Crippen LogP contribution in [0.5, 0.6) is 0 Å². The molecule has 3 heteroatoms. The van der Waals surface area contributed by atoms with Gasteiger partial charge in [0.15, 0.2) is 0 Å². The summed E-state index contributed by atoms with van der Waals surface area (Å²) in [7, 11) is 0. The van der Waals surface area contributed by atoms with Crippen molar-refractivity contribution in [3.05, 3.63) is 51.0 Å². The van der Waals surface area contributed by atoms with Crippen LogP contribution >= 0.6 is 11.3 Å². The summed E-state index contributed by atoms with van der Waals surface area (Å²) in [4.78, 5) is 6.03. The minimum Gasteiger partial charge on any atom is -0.316 e. The lowest BCUT2D eigenvalue weighted by Gasteiger charge is -2.17. The highest BCUT2D eigenvalue weighted by Crippen LogP contribution is 2.25. The van der Waals surface area contributed by atoms with Crippen LogP contribution in [-0.2, 0) is 6.42 Å². The van der Waals surface area contributed by atoms with E-state index < -0.39 is 0 Å². The molecule has 108 valence electrons. The zero-order chi connectivity index (χ0) is 14.5. The lowest BCUT2D eigenvalue weighted by molar-refractivity contribution is 0.593. The van der Waals surface area contributed by atoms with E-state index in [1.54, 1.807) is 0 Å². The molecule has 0 spiro atoms. The molecule has 2 aromatic rings. The van der Waals surface area contributed by atoms with Gasteiger partial charge in [0.2, 0.25) is 0 Å². The second kappa shape index (κ2) is 7.00. The number of thiazole rings is 1. The summed E-state index contributed by atoms with van der Waals surface area (Å²) in [6.07, 6.45) is 1.02. The largest absolute Gasteiger partial charge is 0.316 e. The molecule has 0 bridgehead atoms. The summed E-state index contributed by atoms with van der Waals surface area (Å²) in [5, 5.41) is 4.73. The van der Waals surface area contributed by atoms with E-state index in [0.717, 1.165) is 19.5 Å². The molecule has 0 amide bonds. The Morgan fingerprint density at radius 3 is 2.40 bits per heavy atom. The first-order valence-electron chi connectivity index (χ1n) is 7.30. The Morgan fingerprint density at radius 2 is 1.85 bits per heavy atom. The molecule has 0 fully saturated rings. The van der Waals surface area contributed by atoms with Crippen molar-refractivity contribution in [1.82, 2.24) is 10.3 Å². The summed E-state index contributed by atoms with van der Waals surface area (Å²) in [5.74, 6) is 0.500. The molecule has 0 saturated heterocycles. The van der Waals surface area contributed by atoms with E-state index in [2.05, 4.69) is 57.3 Å². The van der Waals surface area contributed by atoms with Crippen LogP contribution in [0, 0.1) is 20.8 Å². The molecule has 2 nitrogen and oxygen atoms in total. The molecule has 0 saturated carbocycles. The topological polar surface area (TPSA) is 24.9 Å². The van der Waals surface area contributed by atoms with E-state index in [0.29, 0.717) is 5.92 Å². The van der Waals surface area contributed by atoms with Gasteiger partial charge in [-0.05, 0) is 32.9 Å². The number of nitrogens with one attached hydrogen (secondary N) is 1. The lowest BCUT2D eigenvalue weighted by atomic mass is 9.95. The monoisotopic (exact) mass is 288 g/mol. The van der Waals surface area contributed by atoms with Crippen LogP contribution in [0.3, 0.4) is 0 Å². The number of aromatic nitrogens is 1. The molecule has 1 N–H and O–H groups in total. The third kappa shape index (κ3) is 3.90. The van der Waals surface area contributed by atoms with Gasteiger partial charge in [-0.1, -0.05) is 36.8 Å². The molecule has 0 aliphatic carbocycles. The van der Waals surface area contributed by atoms with Gasteiger partial charge in [-0.3, -0.25) is 0 Å². The molecule has 1 aromatic heterocycles. The van der Waals surface area contributed by atoms with E-state index in [4.69, 9.17) is 4.98 Å². The molecule has 0 radical (unpaired) electrons. The fourth-order valence-corrected chi connectivity index (χ4v) is 3.32. The number of hydrogen-bond acceptors (Lipinski definition) is 3. The van der Waals surface area contributed by atoms with E-state index in [9.17, 15) is 0 Å². The quantitative estimate of drug-likeness (QED) is 0.869. The number of aryl methyl sites for hydroxylation is 3. The highest BCUT2D eigenvalue weighted by Gasteiger charge is 2.15. The van der Waals surface area contributed by atoms with Gasteiger partial charge in [0, 0.05) is 23.8 Å². The van der Waals surface area contributed by atoms with Crippen LogP contribution in [0.4, 0.5) is 0 Å². The minimum absolute atomic E-state index is 0.500. The Kier molecular flexibility index (Phi) is 5.32. The average molecular weight is 288 g/mol. The van der Waals surface area contributed by atoms with E-state index >= 15 is 0 Å². The molecule has 2 rings (SSSR count). The maximum Gasteiger partial charge on any atom is 0.0937 e. The first-order chi connectivity index (χ1) is 9.60. The van der Waals surface area contributed by atoms with Gasteiger partial charge in [-0.2, -0.15) is 0 Å². The molecule has 1 aromatic carbocycles. The van der Waals surface area contributed by atoms with Crippen molar-refractivity contribution in [1.29, 1.82) is 0 Å². The van der Waals surface area contributed by atoms with Gasteiger partial charge in [-0.15, -0.1) is 11.3 Å². The summed E-state index contributed by atoms with van der Waals surface area (Å²) in [6, 6.07) is 8.91. The Hall–Kier alpha value is -1.19. The second-order valence-electron chi connectivity index (χ2n) is 5.37. The van der Waals surface area contributed by atoms with Crippen LogP contribution in [-0.4, -0.2) is 18.1 Å². The van der Waals surface area contributed by atoms with Gasteiger partial charge in [0.25, 0.3) is 0 Å². The first kappa shape index (κ1) is 15.2. The summed E-state index contributed by atoms with van der Waals surface area (Å²) < 4.78 is 0. The Balaban J connectivity index is 2.16. The molecular formula is C17H24N2S. The standard InChI is InChI=1S/C17H24N2S/c1-5-18-11-16(15-8-6-12(2)7-9-15)10-17-19-13(3)14(4)20-17/h6-9,16,18H,5,10-11H2,1-4H3. The second-order valence-corrected chi connectivity index (χ2v) is 6.66. The van der Waals surface area contributed by atoms with Crippen molar-refractivity contribution < 1.29 is 0 Å². The maximum atomic E-state index is 4.69. The van der Waals surface area contributed by atoms with Crippen molar-refractivity contribution in [2.24, 2.45) is 0 Å². The minimum atomic E-state index is 0.500. The Bertz CT molecular complexity index is 523. The number of likely N-dealkylation sites (N-methyl/N-ethyl adjacent to an activating group) is 1. The molecule has 1 atom stereocenters. The highest BCUT2D eigenvalue weighted by atomic mass is 32.1. The van der Waals surface area contributed by atoms with Crippen LogP contribution in [0.25, 0.3) is 0 Å². The highest BCUT2D eigenvalue weighted by molar-refractivity contribution is 7.11.